The van der Waals surface area contributed by atoms with Gasteiger partial charge in [-0.1, -0.05) is 255 Å². The quantitative estimate of drug-likeness (QED) is 0.0414. The number of ether oxygens (including phenoxy) is 2. The van der Waals surface area contributed by atoms with Gasteiger partial charge in [0.2, 0.25) is 0 Å². The molecule has 44 heteroatoms. The molecule has 0 bridgehead atoms. The summed E-state index contributed by atoms with van der Waals surface area (Å²) < 4.78 is 127. The maximum absolute atomic E-state index is 12.8. The van der Waals surface area contributed by atoms with E-state index in [-0.39, 0.29) is 114 Å². The van der Waals surface area contributed by atoms with Crippen molar-refractivity contribution in [3.63, 3.8) is 0 Å². The summed E-state index contributed by atoms with van der Waals surface area (Å²) in [6.07, 6.45) is 0. The highest BCUT2D eigenvalue weighted by Gasteiger charge is 2.27. The standard InChI is InChI=1S/C21H16Cl3N3O2S2.2C20H12Cl4N2O3S2.C19H10Cl5N3O2S2/c1-11-4-6-19(14(22)7-11)31(28,29)27-13-9-15(23)20(16(24)10-13)26-21-25-17-5-3-12(2)8-18(17)30-21;2*1-10-2-5-18(13(22)6-10)31(27,28)26-12-8-14(23)19(15(24)9-12)29-20-25-16-4-3-11(21)7-17(16)30-20;20-9-2-4-17(12(22)5-9)31(28,29)27-11-7-13(23)18(14(24)8-11)26-19-25-15-3-1-10(21)6-16(15)30-19/h3-10,27H,1-2H3,(H,25,26);2*2-9,26H,1H3;1-8,27H,(H,25,26). The Morgan fingerprint density at radius 3 is 0.815 bits per heavy atom. The Balaban J connectivity index is 0.000000142. The van der Waals surface area contributed by atoms with Crippen molar-refractivity contribution >= 4 is 356 Å². The molecule has 0 unspecified atom stereocenters. The van der Waals surface area contributed by atoms with Crippen LogP contribution in [0.15, 0.2) is 214 Å². The van der Waals surface area contributed by atoms with E-state index in [4.69, 9.17) is 195 Å². The number of rotatable bonds is 20. The molecule has 0 amide bonds. The highest BCUT2D eigenvalue weighted by atomic mass is 35.5. The summed E-state index contributed by atoms with van der Waals surface area (Å²) in [6, 6.07) is 51.4. The van der Waals surface area contributed by atoms with Gasteiger partial charge in [0, 0.05) is 20.1 Å². The molecular weight excluding hydrogens is 2080 g/mol. The fourth-order valence-electron chi connectivity index (χ4n) is 11.2. The molecule has 0 saturated heterocycles. The SMILES string of the molecule is Cc1ccc(S(=O)(=O)Nc2cc(Cl)c(Nc3nc4ccc(C)cc4s3)c(Cl)c2)c(Cl)c1.Cc1ccc(S(=O)(=O)Nc2cc(Cl)c(Oc3nc4ccc(Cl)cc4s3)c(Cl)c2)c(Cl)c1.Cc1ccc(S(=O)(=O)Nc2cc(Cl)c(Oc3nc4ccc(Cl)cc4s3)c(Cl)c2)c(Cl)c1.O=S(=O)(Nc1cc(Cl)c(Nc2nc3ccc(Cl)cc3s2)c(Cl)c1)c1ccc(Cl)cc1Cl. The van der Waals surface area contributed by atoms with E-state index in [1.807, 2.05) is 52.0 Å². The summed E-state index contributed by atoms with van der Waals surface area (Å²) in [5.41, 5.74) is 8.30. The van der Waals surface area contributed by atoms with Crippen LogP contribution in [0.2, 0.25) is 80.4 Å². The zero-order valence-corrected chi connectivity index (χ0v) is 81.3. The van der Waals surface area contributed by atoms with Crippen LogP contribution in [0.1, 0.15) is 22.3 Å². The van der Waals surface area contributed by atoms with Crippen molar-refractivity contribution < 1.29 is 43.1 Å². The number of hydrogen-bond donors (Lipinski definition) is 6. The van der Waals surface area contributed by atoms with E-state index in [1.165, 1.54) is 130 Å². The van der Waals surface area contributed by atoms with Gasteiger partial charge in [-0.15, -0.1) is 0 Å². The summed E-state index contributed by atoms with van der Waals surface area (Å²) in [6.45, 7) is 7.47. The number of anilines is 8. The second kappa shape index (κ2) is 39.6. The van der Waals surface area contributed by atoms with Gasteiger partial charge in [-0.3, -0.25) is 18.9 Å². The Bertz CT molecular complexity index is 6460. The summed E-state index contributed by atoms with van der Waals surface area (Å²) in [5, 5.41) is 11.8. The first kappa shape index (κ1) is 94.6. The van der Waals surface area contributed by atoms with Gasteiger partial charge < -0.3 is 20.1 Å². The minimum Gasteiger partial charge on any atom is -0.428 e. The Hall–Kier alpha value is -6.96. The van der Waals surface area contributed by atoms with E-state index in [0.717, 1.165) is 63.1 Å². The van der Waals surface area contributed by atoms with Crippen LogP contribution in [0.25, 0.3) is 40.9 Å². The Morgan fingerprint density at radius 1 is 0.258 bits per heavy atom. The number of hydrogen-bond acceptors (Lipinski definition) is 20. The number of sulfonamides is 4. The van der Waals surface area contributed by atoms with Gasteiger partial charge in [0.15, 0.2) is 21.8 Å². The predicted molar refractivity (Wildman–Crippen MR) is 519 cm³/mol. The highest BCUT2D eigenvalue weighted by molar-refractivity contribution is 7.93. The maximum atomic E-state index is 12.8. The van der Waals surface area contributed by atoms with Crippen molar-refractivity contribution in [2.24, 2.45) is 0 Å². The summed E-state index contributed by atoms with van der Waals surface area (Å²) in [7, 11) is -15.8. The number of halogens is 16. The Labute approximate surface area is 805 Å². The van der Waals surface area contributed by atoms with Crippen molar-refractivity contribution in [3.8, 4) is 21.9 Å². The van der Waals surface area contributed by atoms with E-state index >= 15 is 0 Å². The minimum absolute atomic E-state index is 0.00794. The van der Waals surface area contributed by atoms with E-state index in [2.05, 4.69) is 55.5 Å². The van der Waals surface area contributed by atoms with Gasteiger partial charge in [-0.25, -0.2) is 53.6 Å². The number of nitrogens with zero attached hydrogens (tertiary/aromatic N) is 4. The number of benzene rings is 12. The fraction of sp³-hybridized carbons (Fsp3) is 0.0500. The maximum Gasteiger partial charge on any atom is 0.279 e. The molecule has 20 nitrogen and oxygen atoms in total. The molecule has 4 heterocycles. The van der Waals surface area contributed by atoms with E-state index < -0.39 is 40.1 Å². The monoisotopic (exact) mass is 2130 g/mol. The minimum atomic E-state index is -3.99. The molecule has 0 atom stereocenters. The lowest BCUT2D eigenvalue weighted by molar-refractivity contribution is 0.480. The average Bonchev–Trinajstić information content (AvgIpc) is 1.80. The van der Waals surface area contributed by atoms with E-state index in [1.54, 1.807) is 78.9 Å². The second-order valence-corrected chi connectivity index (χ2v) is 43.5. The third kappa shape index (κ3) is 23.4. The van der Waals surface area contributed by atoms with E-state index in [9.17, 15) is 33.7 Å². The van der Waals surface area contributed by atoms with Crippen LogP contribution in [-0.2, 0) is 40.1 Å². The number of thiazole rings is 4. The number of aromatic nitrogens is 4. The molecule has 0 saturated carbocycles. The van der Waals surface area contributed by atoms with E-state index in [0.29, 0.717) is 52.1 Å². The lowest BCUT2D eigenvalue weighted by Gasteiger charge is -2.13. The van der Waals surface area contributed by atoms with Gasteiger partial charge in [0.05, 0.1) is 135 Å². The number of fused-ring (bicyclic) bond motifs is 4. The molecule has 0 fully saturated rings. The van der Waals surface area contributed by atoms with Crippen LogP contribution >= 0.6 is 231 Å². The Morgan fingerprint density at radius 2 is 0.500 bits per heavy atom. The zero-order chi connectivity index (χ0) is 89.3. The molecule has 124 heavy (non-hydrogen) atoms. The Kier molecular flexibility index (Phi) is 30.2. The van der Waals surface area contributed by atoms with Crippen molar-refractivity contribution in [3.05, 3.63) is 297 Å². The highest BCUT2D eigenvalue weighted by Crippen LogP contribution is 2.47. The molecule has 0 aliphatic heterocycles. The molecule has 12 aromatic carbocycles. The molecule has 0 aliphatic carbocycles. The average molecular weight is 2140 g/mol. The summed E-state index contributed by atoms with van der Waals surface area (Å²) in [4.78, 5) is 17.5. The lowest BCUT2D eigenvalue weighted by Crippen LogP contribution is -2.13. The van der Waals surface area contributed by atoms with Gasteiger partial charge in [0.1, 0.15) is 19.6 Å². The smallest absolute Gasteiger partial charge is 0.279 e. The molecule has 0 spiro atoms. The first-order valence-electron chi connectivity index (χ1n) is 34.8. The zero-order valence-electron chi connectivity index (χ0n) is 62.7. The van der Waals surface area contributed by atoms with Crippen molar-refractivity contribution in [1.29, 1.82) is 0 Å². The topological polar surface area (TPSA) is 279 Å². The molecule has 4 aromatic heterocycles. The molecular formula is C80H50Cl16N10O10S8. The van der Waals surface area contributed by atoms with Gasteiger partial charge in [0.25, 0.3) is 50.5 Å². The van der Waals surface area contributed by atoms with Gasteiger partial charge in [-0.2, -0.15) is 0 Å². The molecule has 0 radical (unpaired) electrons. The lowest BCUT2D eigenvalue weighted by atomic mass is 10.2. The largest absolute Gasteiger partial charge is 0.428 e. The fourth-order valence-corrected chi connectivity index (χ4v) is 24.5. The molecule has 0 aliphatic rings. The first-order valence-corrected chi connectivity index (χ1v) is 50.0. The number of aryl methyl sites for hydroxylation is 4. The molecule has 6 N–H and O–H groups in total. The van der Waals surface area contributed by atoms with Crippen LogP contribution in [0, 0.1) is 27.7 Å². The van der Waals surface area contributed by atoms with Crippen LogP contribution in [0.4, 0.5) is 44.4 Å². The van der Waals surface area contributed by atoms with Crippen molar-refractivity contribution in [1.82, 2.24) is 19.9 Å². The van der Waals surface area contributed by atoms with Crippen LogP contribution in [0.5, 0.6) is 21.9 Å². The van der Waals surface area contributed by atoms with Crippen LogP contribution in [-0.4, -0.2) is 53.6 Å². The second-order valence-electron chi connectivity index (χ2n) is 26.2. The summed E-state index contributed by atoms with van der Waals surface area (Å²) in [5.74, 6) is 0.314. The van der Waals surface area contributed by atoms with Gasteiger partial charge in [-0.05, 0) is 220 Å². The number of nitrogens with one attached hydrogen (secondary N) is 6. The predicted octanol–water partition coefficient (Wildman–Crippen LogP) is 31.1. The van der Waals surface area contributed by atoms with Crippen LogP contribution < -0.4 is 39.0 Å². The normalized spacial score (nSPS) is 11.6. The van der Waals surface area contributed by atoms with Crippen molar-refractivity contribution in [2.45, 2.75) is 47.3 Å². The van der Waals surface area contributed by atoms with Crippen molar-refractivity contribution in [2.75, 3.05) is 29.5 Å². The van der Waals surface area contributed by atoms with Gasteiger partial charge >= 0.3 is 0 Å². The molecule has 16 aromatic rings. The first-order chi connectivity index (χ1) is 58.5. The van der Waals surface area contributed by atoms with Crippen LogP contribution in [0.3, 0.4) is 0 Å². The molecule has 16 rings (SSSR count). The third-order valence-corrected chi connectivity index (χ3v) is 31.2. The summed E-state index contributed by atoms with van der Waals surface area (Å²) >= 11 is 104. The third-order valence-electron chi connectivity index (χ3n) is 16.8. The molecule has 640 valence electrons.